The lowest BCUT2D eigenvalue weighted by Gasteiger charge is -2.09. The van der Waals surface area contributed by atoms with Gasteiger partial charge in [0.05, 0.1) is 10.0 Å². The Morgan fingerprint density at radius 3 is 2.12 bits per heavy atom. The minimum Gasteiger partial charge on any atom is -0.326 e. The minimum atomic E-state index is -3.76. The van der Waals surface area contributed by atoms with Gasteiger partial charge in [-0.15, -0.1) is 0 Å². The summed E-state index contributed by atoms with van der Waals surface area (Å²) >= 11 is 17.4. The number of rotatable bonds is 3. The number of nitrogens with two attached hydrogens (primary N) is 1. The molecule has 1 saturated carbocycles. The summed E-state index contributed by atoms with van der Waals surface area (Å²) in [6.07, 6.45) is 0.613. The number of hydrogen-bond acceptors (Lipinski definition) is 3. The quantitative estimate of drug-likeness (QED) is 0.896. The zero-order chi connectivity index (χ0) is 12.8. The molecule has 1 aromatic carbocycles. The van der Waals surface area contributed by atoms with Crippen LogP contribution in [0.1, 0.15) is 6.42 Å². The maximum absolute atomic E-state index is 12.0. The molecule has 94 valence electrons. The molecule has 4 nitrogen and oxygen atoms in total. The summed E-state index contributed by atoms with van der Waals surface area (Å²) in [4.78, 5) is -0.163. The van der Waals surface area contributed by atoms with E-state index in [0.717, 1.165) is 0 Å². The molecule has 1 aliphatic carbocycles. The fourth-order valence-electron chi connectivity index (χ4n) is 1.39. The fourth-order valence-corrected chi connectivity index (χ4v) is 4.24. The highest BCUT2D eigenvalue weighted by atomic mass is 35.5. The molecule has 2 rings (SSSR count). The predicted octanol–water partition coefficient (Wildman–Crippen LogP) is 2.02. The molecule has 1 aromatic rings. The van der Waals surface area contributed by atoms with E-state index in [4.69, 9.17) is 40.5 Å². The molecule has 0 radical (unpaired) electrons. The third-order valence-electron chi connectivity index (χ3n) is 2.38. The van der Waals surface area contributed by atoms with Crippen LogP contribution in [0.2, 0.25) is 15.1 Å². The van der Waals surface area contributed by atoms with Crippen LogP contribution in [0.3, 0.4) is 0 Å². The maximum Gasteiger partial charge on any atom is 0.243 e. The van der Waals surface area contributed by atoms with Crippen LogP contribution in [0.25, 0.3) is 0 Å². The number of halogens is 3. The van der Waals surface area contributed by atoms with Crippen LogP contribution in [0, 0.1) is 0 Å². The van der Waals surface area contributed by atoms with Gasteiger partial charge < -0.3 is 5.73 Å². The zero-order valence-electron chi connectivity index (χ0n) is 8.45. The standard InChI is InChI=1S/C9H9Cl3N2O2S/c10-4-1-5(11)9(6(12)2-4)17(15,16)14-8-3-7(8)13/h1-2,7-8,14H,3,13H2. The molecule has 1 fully saturated rings. The van der Waals surface area contributed by atoms with Crippen molar-refractivity contribution in [1.82, 2.24) is 4.72 Å². The Labute approximate surface area is 114 Å². The van der Waals surface area contributed by atoms with E-state index in [9.17, 15) is 8.42 Å². The largest absolute Gasteiger partial charge is 0.326 e. The summed E-state index contributed by atoms with van der Waals surface area (Å²) in [6.45, 7) is 0. The lowest BCUT2D eigenvalue weighted by atomic mass is 10.4. The van der Waals surface area contributed by atoms with Gasteiger partial charge in [-0.25, -0.2) is 13.1 Å². The summed E-state index contributed by atoms with van der Waals surface area (Å²) in [5.74, 6) is 0. The number of nitrogens with one attached hydrogen (secondary N) is 1. The van der Waals surface area contributed by atoms with Crippen molar-refractivity contribution < 1.29 is 8.42 Å². The summed E-state index contributed by atoms with van der Waals surface area (Å²) in [5, 5.41) is 0.260. The van der Waals surface area contributed by atoms with Crippen LogP contribution in [0.15, 0.2) is 17.0 Å². The first-order valence-corrected chi connectivity index (χ1v) is 7.35. The highest BCUT2D eigenvalue weighted by molar-refractivity contribution is 7.89. The van der Waals surface area contributed by atoms with Gasteiger partial charge in [0.15, 0.2) is 0 Å². The van der Waals surface area contributed by atoms with Gasteiger partial charge in [-0.2, -0.15) is 0 Å². The number of hydrogen-bond donors (Lipinski definition) is 2. The van der Waals surface area contributed by atoms with E-state index in [-0.39, 0.29) is 32.0 Å². The zero-order valence-corrected chi connectivity index (χ0v) is 11.5. The van der Waals surface area contributed by atoms with Gasteiger partial charge in [-0.05, 0) is 18.6 Å². The average Bonchev–Trinajstić information content (AvgIpc) is 2.76. The topological polar surface area (TPSA) is 72.2 Å². The Morgan fingerprint density at radius 2 is 1.71 bits per heavy atom. The van der Waals surface area contributed by atoms with Gasteiger partial charge in [0.2, 0.25) is 10.0 Å². The van der Waals surface area contributed by atoms with Gasteiger partial charge in [-0.3, -0.25) is 0 Å². The van der Waals surface area contributed by atoms with Crippen LogP contribution >= 0.6 is 34.8 Å². The molecule has 0 spiro atoms. The smallest absolute Gasteiger partial charge is 0.243 e. The van der Waals surface area contributed by atoms with Crippen molar-refractivity contribution in [3.63, 3.8) is 0 Å². The first-order valence-electron chi connectivity index (χ1n) is 4.74. The molecule has 0 heterocycles. The van der Waals surface area contributed by atoms with Crippen LogP contribution in [-0.4, -0.2) is 20.5 Å². The second-order valence-corrected chi connectivity index (χ2v) is 6.73. The first-order chi connectivity index (χ1) is 7.81. The van der Waals surface area contributed by atoms with Crippen molar-refractivity contribution in [2.24, 2.45) is 5.73 Å². The number of benzene rings is 1. The van der Waals surface area contributed by atoms with E-state index >= 15 is 0 Å². The highest BCUT2D eigenvalue weighted by Gasteiger charge is 2.38. The van der Waals surface area contributed by atoms with Crippen LogP contribution in [-0.2, 0) is 10.0 Å². The Kier molecular flexibility index (Phi) is 3.60. The molecular formula is C9H9Cl3N2O2S. The van der Waals surface area contributed by atoms with Crippen molar-refractivity contribution >= 4 is 44.8 Å². The summed E-state index contributed by atoms with van der Waals surface area (Å²) in [5.41, 5.74) is 5.54. The summed E-state index contributed by atoms with van der Waals surface area (Å²) in [7, 11) is -3.76. The van der Waals surface area contributed by atoms with Crippen molar-refractivity contribution in [2.45, 2.75) is 23.4 Å². The Bertz CT molecular complexity index is 538. The van der Waals surface area contributed by atoms with Crippen molar-refractivity contribution in [3.8, 4) is 0 Å². The molecule has 3 N–H and O–H groups in total. The fraction of sp³-hybridized carbons (Fsp3) is 0.333. The van der Waals surface area contributed by atoms with Gasteiger partial charge >= 0.3 is 0 Å². The second-order valence-electron chi connectivity index (χ2n) is 3.83. The monoisotopic (exact) mass is 314 g/mol. The van der Waals surface area contributed by atoms with Gasteiger partial charge in [-0.1, -0.05) is 34.8 Å². The SMILES string of the molecule is NC1CC1NS(=O)(=O)c1c(Cl)cc(Cl)cc1Cl. The molecule has 2 unspecified atom stereocenters. The van der Waals surface area contributed by atoms with Crippen LogP contribution < -0.4 is 10.5 Å². The van der Waals surface area contributed by atoms with E-state index in [1.165, 1.54) is 12.1 Å². The third kappa shape index (κ3) is 2.86. The van der Waals surface area contributed by atoms with E-state index in [1.54, 1.807) is 0 Å². The molecule has 2 atom stereocenters. The minimum absolute atomic E-state index is 0.00998. The average molecular weight is 316 g/mol. The summed E-state index contributed by atoms with van der Waals surface area (Å²) in [6, 6.07) is 2.27. The maximum atomic E-state index is 12.0. The lowest BCUT2D eigenvalue weighted by molar-refractivity contribution is 0.580. The van der Waals surface area contributed by atoms with E-state index in [1.807, 2.05) is 0 Å². The normalized spacial score (nSPS) is 23.8. The van der Waals surface area contributed by atoms with Crippen molar-refractivity contribution in [3.05, 3.63) is 27.2 Å². The lowest BCUT2D eigenvalue weighted by Crippen LogP contribution is -2.30. The van der Waals surface area contributed by atoms with E-state index in [2.05, 4.69) is 4.72 Å². The second kappa shape index (κ2) is 4.57. The molecule has 8 heteroatoms. The van der Waals surface area contributed by atoms with E-state index < -0.39 is 10.0 Å². The molecular weight excluding hydrogens is 307 g/mol. The van der Waals surface area contributed by atoms with Crippen LogP contribution in [0.4, 0.5) is 0 Å². The Hall–Kier alpha value is -0.0400. The Balaban J connectivity index is 2.39. The first kappa shape index (κ1) is 13.4. The molecule has 0 saturated heterocycles. The van der Waals surface area contributed by atoms with Gasteiger partial charge in [0.1, 0.15) is 4.90 Å². The van der Waals surface area contributed by atoms with Gasteiger partial charge in [0, 0.05) is 17.1 Å². The summed E-state index contributed by atoms with van der Waals surface area (Å²) < 4.78 is 26.4. The predicted molar refractivity (Wildman–Crippen MR) is 68.2 cm³/mol. The highest BCUT2D eigenvalue weighted by Crippen LogP contribution is 2.33. The molecule has 0 bridgehead atoms. The van der Waals surface area contributed by atoms with Crippen molar-refractivity contribution in [1.29, 1.82) is 0 Å². The molecule has 0 aliphatic heterocycles. The van der Waals surface area contributed by atoms with Crippen LogP contribution in [0.5, 0.6) is 0 Å². The molecule has 0 amide bonds. The van der Waals surface area contributed by atoms with E-state index in [0.29, 0.717) is 6.42 Å². The van der Waals surface area contributed by atoms with Gasteiger partial charge in [0.25, 0.3) is 0 Å². The third-order valence-corrected chi connectivity index (χ3v) is 5.01. The molecule has 0 aromatic heterocycles. The molecule has 17 heavy (non-hydrogen) atoms. The number of sulfonamides is 1. The molecule has 1 aliphatic rings. The van der Waals surface area contributed by atoms with Crippen molar-refractivity contribution in [2.75, 3.05) is 0 Å². The Morgan fingerprint density at radius 1 is 1.24 bits per heavy atom.